The fourth-order valence-corrected chi connectivity index (χ4v) is 4.16. The molecule has 0 bridgehead atoms. The molecule has 4 heteroatoms. The lowest BCUT2D eigenvalue weighted by Gasteiger charge is -2.33. The highest BCUT2D eigenvalue weighted by atomic mass is 19.1. The van der Waals surface area contributed by atoms with E-state index in [2.05, 4.69) is 11.1 Å². The molecule has 3 nitrogen and oxygen atoms in total. The smallest absolute Gasteiger partial charge is 0.195 e. The van der Waals surface area contributed by atoms with Gasteiger partial charge >= 0.3 is 0 Å². The summed E-state index contributed by atoms with van der Waals surface area (Å²) in [6.07, 6.45) is 3.05. The third-order valence-electron chi connectivity index (χ3n) is 5.47. The predicted molar refractivity (Wildman–Crippen MR) is 88.3 cm³/mol. The first kappa shape index (κ1) is 15.5. The number of aliphatic hydroxyl groups excluding tert-OH is 1. The maximum Gasteiger partial charge on any atom is 0.195 e. The number of aryl methyl sites for hydroxylation is 1. The van der Waals surface area contributed by atoms with E-state index in [1.54, 1.807) is 12.1 Å². The van der Waals surface area contributed by atoms with Gasteiger partial charge in [0.05, 0.1) is 11.8 Å². The van der Waals surface area contributed by atoms with Crippen LogP contribution in [0, 0.1) is 0 Å². The van der Waals surface area contributed by atoms with Crippen LogP contribution in [-0.4, -0.2) is 15.9 Å². The van der Waals surface area contributed by atoms with Gasteiger partial charge in [0.25, 0.3) is 0 Å². The summed E-state index contributed by atoms with van der Waals surface area (Å²) in [5, 5.41) is 10.0. The molecule has 1 aromatic carbocycles. The Balaban J connectivity index is 1.62. The van der Waals surface area contributed by atoms with Gasteiger partial charge in [0.1, 0.15) is 0 Å². The predicted octanol–water partition coefficient (Wildman–Crippen LogP) is 3.76. The number of ketones is 1. The number of Topliss-reactive ketones (excluding diaryl/α,β-unsaturated/α-hetero) is 1. The molecular formula is C20H20FNO2. The molecule has 2 aliphatic carbocycles. The quantitative estimate of drug-likeness (QED) is 0.935. The number of nitrogens with zero attached hydrogens (tertiary/aromatic N) is 1. The summed E-state index contributed by atoms with van der Waals surface area (Å²) in [5.74, 6) is -0.293. The topological polar surface area (TPSA) is 50.2 Å². The van der Waals surface area contributed by atoms with Gasteiger partial charge in [-0.2, -0.15) is 0 Å². The number of carbonyl (C=O) groups is 1. The lowest BCUT2D eigenvalue weighted by molar-refractivity contribution is -0.133. The number of carbonyl (C=O) groups excluding carboxylic acids is 1. The zero-order valence-corrected chi connectivity index (χ0v) is 13.4. The van der Waals surface area contributed by atoms with Crippen molar-refractivity contribution in [2.45, 2.75) is 49.8 Å². The highest BCUT2D eigenvalue weighted by molar-refractivity contribution is 5.89. The number of alkyl halides is 1. The number of aliphatic hydroxyl groups is 1. The lowest BCUT2D eigenvalue weighted by atomic mass is 9.76. The number of benzene rings is 1. The van der Waals surface area contributed by atoms with Gasteiger partial charge in [-0.25, -0.2) is 4.39 Å². The zero-order valence-electron chi connectivity index (χ0n) is 13.4. The second-order valence-corrected chi connectivity index (χ2v) is 6.85. The van der Waals surface area contributed by atoms with Crippen LogP contribution in [0.3, 0.4) is 0 Å². The van der Waals surface area contributed by atoms with E-state index >= 15 is 4.39 Å². The molecule has 2 aromatic rings. The van der Waals surface area contributed by atoms with Crippen LogP contribution in [0.1, 0.15) is 60.1 Å². The molecule has 0 radical (unpaired) electrons. The van der Waals surface area contributed by atoms with Crippen LogP contribution >= 0.6 is 0 Å². The van der Waals surface area contributed by atoms with Crippen molar-refractivity contribution in [3.05, 3.63) is 65.0 Å². The van der Waals surface area contributed by atoms with E-state index in [0.717, 1.165) is 12.8 Å². The summed E-state index contributed by atoms with van der Waals surface area (Å²) < 4.78 is 15.7. The summed E-state index contributed by atoms with van der Waals surface area (Å²) in [7, 11) is 0. The molecule has 0 amide bonds. The van der Waals surface area contributed by atoms with Crippen molar-refractivity contribution >= 4 is 5.78 Å². The number of halogens is 1. The van der Waals surface area contributed by atoms with Crippen LogP contribution in [-0.2, 0) is 16.9 Å². The molecule has 1 heterocycles. The molecule has 0 aliphatic heterocycles. The number of aromatic nitrogens is 1. The monoisotopic (exact) mass is 325 g/mol. The van der Waals surface area contributed by atoms with E-state index in [0.29, 0.717) is 5.69 Å². The van der Waals surface area contributed by atoms with Crippen LogP contribution in [0.25, 0.3) is 0 Å². The van der Waals surface area contributed by atoms with Gasteiger partial charge in [-0.15, -0.1) is 0 Å². The van der Waals surface area contributed by atoms with Gasteiger partial charge in [-0.3, -0.25) is 9.78 Å². The van der Waals surface area contributed by atoms with Crippen LogP contribution in [0.4, 0.5) is 4.39 Å². The molecule has 0 saturated heterocycles. The van der Waals surface area contributed by atoms with Crippen LogP contribution < -0.4 is 0 Å². The molecule has 1 aromatic heterocycles. The summed E-state index contributed by atoms with van der Waals surface area (Å²) in [5.41, 5.74) is 0.980. The molecule has 4 rings (SSSR count). The number of hydrogen-bond acceptors (Lipinski definition) is 3. The van der Waals surface area contributed by atoms with Gasteiger partial charge in [0.15, 0.2) is 11.5 Å². The molecule has 3 atom stereocenters. The van der Waals surface area contributed by atoms with E-state index in [1.807, 2.05) is 18.2 Å². The van der Waals surface area contributed by atoms with Gasteiger partial charge < -0.3 is 5.11 Å². The molecule has 0 unspecified atom stereocenters. The number of pyridine rings is 1. The Kier molecular flexibility index (Phi) is 3.72. The maximum atomic E-state index is 15.7. The average molecular weight is 325 g/mol. The van der Waals surface area contributed by atoms with Crippen molar-refractivity contribution < 1.29 is 14.3 Å². The third kappa shape index (κ3) is 2.37. The van der Waals surface area contributed by atoms with Gasteiger partial charge in [-0.1, -0.05) is 30.3 Å². The molecule has 0 spiro atoms. The number of hydrogen-bond donors (Lipinski definition) is 1. The van der Waals surface area contributed by atoms with Crippen molar-refractivity contribution in [1.29, 1.82) is 0 Å². The summed E-state index contributed by atoms with van der Waals surface area (Å²) >= 11 is 0. The highest BCUT2D eigenvalue weighted by Crippen LogP contribution is 2.45. The van der Waals surface area contributed by atoms with Crippen LogP contribution in [0.5, 0.6) is 0 Å². The van der Waals surface area contributed by atoms with E-state index < -0.39 is 11.8 Å². The Bertz CT molecular complexity index is 791. The first-order valence-electron chi connectivity index (χ1n) is 8.53. The fraction of sp³-hybridized carbons (Fsp3) is 0.400. The molecule has 124 valence electrons. The van der Waals surface area contributed by atoms with Crippen molar-refractivity contribution in [1.82, 2.24) is 4.98 Å². The lowest BCUT2D eigenvalue weighted by Crippen LogP contribution is -2.37. The zero-order chi connectivity index (χ0) is 16.7. The highest BCUT2D eigenvalue weighted by Gasteiger charge is 2.47. The third-order valence-corrected chi connectivity index (χ3v) is 5.47. The molecule has 0 saturated carbocycles. The van der Waals surface area contributed by atoms with Crippen molar-refractivity contribution in [2.24, 2.45) is 0 Å². The molecular weight excluding hydrogens is 305 g/mol. The van der Waals surface area contributed by atoms with E-state index in [9.17, 15) is 9.90 Å². The molecule has 1 N–H and O–H groups in total. The Morgan fingerprint density at radius 1 is 1.25 bits per heavy atom. The molecule has 24 heavy (non-hydrogen) atoms. The first-order valence-corrected chi connectivity index (χ1v) is 8.53. The summed E-state index contributed by atoms with van der Waals surface area (Å²) in [4.78, 5) is 17.0. The van der Waals surface area contributed by atoms with Gasteiger partial charge in [0.2, 0.25) is 0 Å². The number of fused-ring (bicyclic) bond motifs is 2. The summed E-state index contributed by atoms with van der Waals surface area (Å²) in [6, 6.07) is 11.3. The number of rotatable bonds is 3. The van der Waals surface area contributed by atoms with E-state index in [-0.39, 0.29) is 36.5 Å². The van der Waals surface area contributed by atoms with Crippen molar-refractivity contribution in [2.75, 3.05) is 0 Å². The normalized spacial score (nSPS) is 28.2. The second kappa shape index (κ2) is 5.78. The Morgan fingerprint density at radius 2 is 2.08 bits per heavy atom. The van der Waals surface area contributed by atoms with Crippen LogP contribution in [0.15, 0.2) is 42.6 Å². The minimum Gasteiger partial charge on any atom is -0.387 e. The standard InChI is InChI=1S/C20H20FNO2/c21-20(10-9-17(23)19-16(20)6-3-11-22-19)18(24)12-14-8-7-13-4-1-2-5-15(13)14/h1-6,11,14,17,23H,7-10,12H2/t14-,17+,20+/m1/s1. The van der Waals surface area contributed by atoms with Gasteiger partial charge in [-0.05, 0) is 48.8 Å². The summed E-state index contributed by atoms with van der Waals surface area (Å²) in [6.45, 7) is 0. The van der Waals surface area contributed by atoms with Gasteiger partial charge in [0, 0.05) is 18.2 Å². The average Bonchev–Trinajstić information content (AvgIpc) is 3.02. The minimum atomic E-state index is -2.03. The molecule has 2 aliphatic rings. The SMILES string of the molecule is O=C(C[C@H]1CCc2ccccc21)[C@]1(F)CC[C@H](O)c2ncccc21. The Hall–Kier alpha value is -2.07. The minimum absolute atomic E-state index is 0.0278. The largest absolute Gasteiger partial charge is 0.387 e. The van der Waals surface area contributed by atoms with Crippen LogP contribution in [0.2, 0.25) is 0 Å². The Morgan fingerprint density at radius 3 is 2.96 bits per heavy atom. The van der Waals surface area contributed by atoms with E-state index in [4.69, 9.17) is 0 Å². The maximum absolute atomic E-state index is 15.7. The Labute approximate surface area is 140 Å². The molecule has 0 fully saturated rings. The fourth-order valence-electron chi connectivity index (χ4n) is 4.16. The van der Waals surface area contributed by atoms with E-state index in [1.165, 1.54) is 17.3 Å². The van der Waals surface area contributed by atoms with Crippen molar-refractivity contribution in [3.8, 4) is 0 Å². The second-order valence-electron chi connectivity index (χ2n) is 6.85. The first-order chi connectivity index (χ1) is 11.6. The van der Waals surface area contributed by atoms with Crippen molar-refractivity contribution in [3.63, 3.8) is 0 Å².